The molecule has 2 aromatic carbocycles. The van der Waals surface area contributed by atoms with Crippen molar-refractivity contribution < 1.29 is 9.47 Å². The van der Waals surface area contributed by atoms with Crippen molar-refractivity contribution >= 4 is 41.5 Å². The highest BCUT2D eigenvalue weighted by molar-refractivity contribution is 14.0. The Morgan fingerprint density at radius 2 is 1.90 bits per heavy atom. The van der Waals surface area contributed by atoms with Crippen LogP contribution in [-0.4, -0.2) is 46.4 Å². The minimum absolute atomic E-state index is 0. The van der Waals surface area contributed by atoms with Crippen molar-refractivity contribution in [1.82, 2.24) is 10.6 Å². The number of para-hydroxylation sites is 1. The Bertz CT molecular complexity index is 826. The average molecular weight is 544 g/mol. The number of aliphatic imine (C=N–C) groups is 1. The minimum Gasteiger partial charge on any atom is -0.496 e. The van der Waals surface area contributed by atoms with Crippen molar-refractivity contribution in [3.05, 3.63) is 64.7 Å². The maximum atomic E-state index is 6.27. The first-order valence-corrected chi connectivity index (χ1v) is 10.4. The van der Waals surface area contributed by atoms with Crippen molar-refractivity contribution in [2.24, 2.45) is 4.99 Å². The molecule has 2 aromatic rings. The van der Waals surface area contributed by atoms with Gasteiger partial charge in [-0.1, -0.05) is 41.9 Å². The molecular weight excluding hydrogens is 513 g/mol. The van der Waals surface area contributed by atoms with Crippen LogP contribution < -0.4 is 15.4 Å². The van der Waals surface area contributed by atoms with E-state index in [1.54, 1.807) is 14.2 Å². The number of ether oxygens (including phenoxy) is 2. The summed E-state index contributed by atoms with van der Waals surface area (Å²) in [5, 5.41) is 7.71. The van der Waals surface area contributed by atoms with Crippen molar-refractivity contribution in [3.8, 4) is 5.75 Å². The molecule has 5 nitrogen and oxygen atoms in total. The fourth-order valence-corrected chi connectivity index (χ4v) is 4.04. The van der Waals surface area contributed by atoms with E-state index in [4.69, 9.17) is 21.1 Å². The van der Waals surface area contributed by atoms with Gasteiger partial charge in [0.05, 0.1) is 7.11 Å². The molecule has 0 spiro atoms. The van der Waals surface area contributed by atoms with Gasteiger partial charge in [0.1, 0.15) is 5.75 Å². The van der Waals surface area contributed by atoms with E-state index in [2.05, 4.69) is 33.8 Å². The normalized spacial score (nSPS) is 15.8. The van der Waals surface area contributed by atoms with Gasteiger partial charge in [-0.3, -0.25) is 4.99 Å². The van der Waals surface area contributed by atoms with Gasteiger partial charge in [-0.25, -0.2) is 0 Å². The fraction of sp³-hybridized carbons (Fsp3) is 0.435. The Morgan fingerprint density at radius 1 is 1.13 bits per heavy atom. The molecule has 0 aliphatic carbocycles. The highest BCUT2D eigenvalue weighted by Crippen LogP contribution is 2.35. The van der Waals surface area contributed by atoms with Crippen LogP contribution in [0.15, 0.2) is 53.5 Å². The van der Waals surface area contributed by atoms with Crippen LogP contribution in [0, 0.1) is 0 Å². The van der Waals surface area contributed by atoms with Crippen LogP contribution in [0.4, 0.5) is 0 Å². The number of methoxy groups -OCH3 is 1. The van der Waals surface area contributed by atoms with E-state index in [-0.39, 0.29) is 29.4 Å². The molecule has 30 heavy (non-hydrogen) atoms. The largest absolute Gasteiger partial charge is 0.496 e. The first-order chi connectivity index (χ1) is 14.2. The predicted octanol–water partition coefficient (Wildman–Crippen LogP) is 4.42. The molecule has 1 saturated heterocycles. The zero-order valence-corrected chi connectivity index (χ0v) is 20.7. The lowest BCUT2D eigenvalue weighted by atomic mass is 9.74. The summed E-state index contributed by atoms with van der Waals surface area (Å²) in [7, 11) is 3.50. The van der Waals surface area contributed by atoms with Gasteiger partial charge in [-0.15, -0.1) is 24.0 Å². The number of rotatable bonds is 7. The van der Waals surface area contributed by atoms with Crippen LogP contribution in [0.1, 0.15) is 24.0 Å². The molecule has 3 rings (SSSR count). The smallest absolute Gasteiger partial charge is 0.191 e. The minimum atomic E-state index is -0.0105. The molecule has 1 aliphatic rings. The summed E-state index contributed by atoms with van der Waals surface area (Å²) in [6.07, 6.45) is 2.77. The van der Waals surface area contributed by atoms with Gasteiger partial charge in [-0.2, -0.15) is 0 Å². The number of guanidine groups is 1. The van der Waals surface area contributed by atoms with Crippen LogP contribution >= 0.6 is 35.6 Å². The van der Waals surface area contributed by atoms with Gasteiger partial charge < -0.3 is 20.1 Å². The predicted molar refractivity (Wildman–Crippen MR) is 135 cm³/mol. The van der Waals surface area contributed by atoms with Crippen LogP contribution in [0.2, 0.25) is 5.02 Å². The van der Waals surface area contributed by atoms with E-state index in [0.717, 1.165) is 62.3 Å². The summed E-state index contributed by atoms with van der Waals surface area (Å²) in [4.78, 5) is 4.39. The molecule has 0 amide bonds. The first-order valence-electron chi connectivity index (χ1n) is 10.1. The summed E-state index contributed by atoms with van der Waals surface area (Å²) in [5.41, 5.74) is 2.42. The number of nitrogens with zero attached hydrogens (tertiary/aromatic N) is 1. The topological polar surface area (TPSA) is 54.9 Å². The van der Waals surface area contributed by atoms with E-state index < -0.39 is 0 Å². The zero-order chi connectivity index (χ0) is 20.5. The molecule has 0 unspecified atom stereocenters. The number of nitrogens with one attached hydrogen (secondary N) is 2. The molecule has 2 N–H and O–H groups in total. The van der Waals surface area contributed by atoms with Gasteiger partial charge in [0.2, 0.25) is 0 Å². The second-order valence-corrected chi connectivity index (χ2v) is 7.75. The van der Waals surface area contributed by atoms with Crippen molar-refractivity contribution in [2.75, 3.05) is 40.5 Å². The Balaban J connectivity index is 0.00000320. The Labute approximate surface area is 201 Å². The summed E-state index contributed by atoms with van der Waals surface area (Å²) in [5.74, 6) is 1.71. The average Bonchev–Trinajstić information content (AvgIpc) is 2.77. The van der Waals surface area contributed by atoms with Gasteiger partial charge in [-0.05, 0) is 48.6 Å². The van der Waals surface area contributed by atoms with E-state index in [1.165, 1.54) is 11.1 Å². The summed E-state index contributed by atoms with van der Waals surface area (Å²) < 4.78 is 11.1. The van der Waals surface area contributed by atoms with Crippen LogP contribution in [0.5, 0.6) is 5.75 Å². The lowest BCUT2D eigenvalue weighted by molar-refractivity contribution is 0.0514. The standard InChI is InChI=1S/C23H30ClN3O2.HI/c1-25-22(26-13-10-18-6-3-4-9-21(18)28-2)27-17-23(11-14-29-15-12-23)19-7-5-8-20(24)16-19;/h3-9,16H,10-15,17H2,1-2H3,(H2,25,26,27);1H. The fourth-order valence-electron chi connectivity index (χ4n) is 3.85. The number of benzene rings is 2. The molecule has 1 fully saturated rings. The third kappa shape index (κ3) is 6.49. The molecule has 0 radical (unpaired) electrons. The highest BCUT2D eigenvalue weighted by atomic mass is 127. The van der Waals surface area contributed by atoms with Gasteiger partial charge in [0.25, 0.3) is 0 Å². The lowest BCUT2D eigenvalue weighted by Crippen LogP contribution is -2.48. The summed E-state index contributed by atoms with van der Waals surface area (Å²) in [6, 6.07) is 16.3. The maximum absolute atomic E-state index is 6.27. The SMILES string of the molecule is CN=C(NCCc1ccccc1OC)NCC1(c2cccc(Cl)c2)CCOCC1.I. The molecule has 7 heteroatoms. The van der Waals surface area contributed by atoms with Crippen molar-refractivity contribution in [1.29, 1.82) is 0 Å². The second-order valence-electron chi connectivity index (χ2n) is 7.32. The van der Waals surface area contributed by atoms with Crippen molar-refractivity contribution in [3.63, 3.8) is 0 Å². The van der Waals surface area contributed by atoms with Gasteiger partial charge in [0.15, 0.2) is 5.96 Å². The highest BCUT2D eigenvalue weighted by Gasteiger charge is 2.34. The molecule has 1 aliphatic heterocycles. The van der Waals surface area contributed by atoms with E-state index in [9.17, 15) is 0 Å². The third-order valence-electron chi connectivity index (χ3n) is 5.58. The lowest BCUT2D eigenvalue weighted by Gasteiger charge is -2.38. The Kier molecular flexibility index (Phi) is 10.2. The van der Waals surface area contributed by atoms with Crippen LogP contribution in [0.25, 0.3) is 0 Å². The molecule has 0 atom stereocenters. The molecule has 0 bridgehead atoms. The van der Waals surface area contributed by atoms with Crippen LogP contribution in [-0.2, 0) is 16.6 Å². The summed E-state index contributed by atoms with van der Waals surface area (Å²) >= 11 is 6.27. The molecule has 0 saturated carbocycles. The molecule has 0 aromatic heterocycles. The van der Waals surface area contributed by atoms with Gasteiger partial charge in [0, 0.05) is 43.8 Å². The monoisotopic (exact) mass is 543 g/mol. The number of hydrogen-bond donors (Lipinski definition) is 2. The van der Waals surface area contributed by atoms with E-state index in [1.807, 2.05) is 30.3 Å². The maximum Gasteiger partial charge on any atom is 0.191 e. The second kappa shape index (κ2) is 12.4. The van der Waals surface area contributed by atoms with E-state index >= 15 is 0 Å². The van der Waals surface area contributed by atoms with Gasteiger partial charge >= 0.3 is 0 Å². The van der Waals surface area contributed by atoms with Crippen LogP contribution in [0.3, 0.4) is 0 Å². The Hall–Kier alpha value is -1.51. The third-order valence-corrected chi connectivity index (χ3v) is 5.82. The Morgan fingerprint density at radius 3 is 2.60 bits per heavy atom. The van der Waals surface area contributed by atoms with Crippen molar-refractivity contribution in [2.45, 2.75) is 24.7 Å². The summed E-state index contributed by atoms with van der Waals surface area (Å²) in [6.45, 7) is 3.07. The molecule has 1 heterocycles. The number of halogens is 2. The first kappa shape index (κ1) is 24.8. The molecular formula is C23H31ClIN3O2. The number of hydrogen-bond acceptors (Lipinski definition) is 3. The molecule has 164 valence electrons. The van der Waals surface area contributed by atoms with E-state index in [0.29, 0.717) is 0 Å². The zero-order valence-electron chi connectivity index (χ0n) is 17.6. The quantitative estimate of drug-likeness (QED) is 0.308.